The second-order valence-corrected chi connectivity index (χ2v) is 8.30. The van der Waals surface area contributed by atoms with Crippen molar-refractivity contribution >= 4 is 20.6 Å². The molecule has 1 aromatic carbocycles. The Balaban J connectivity index is 2.11. The number of hydrogen-bond acceptors (Lipinski definition) is 4. The van der Waals surface area contributed by atoms with Gasteiger partial charge in [0.1, 0.15) is 0 Å². The van der Waals surface area contributed by atoms with Gasteiger partial charge in [-0.25, -0.2) is 8.42 Å². The molecule has 0 saturated carbocycles. The van der Waals surface area contributed by atoms with Gasteiger partial charge >= 0.3 is 0 Å². The van der Waals surface area contributed by atoms with E-state index in [2.05, 4.69) is 10.3 Å². The van der Waals surface area contributed by atoms with E-state index in [0.717, 1.165) is 16.3 Å². The second-order valence-electron chi connectivity index (χ2n) is 5.65. The third-order valence-electron chi connectivity index (χ3n) is 3.64. The predicted octanol–water partition coefficient (Wildman–Crippen LogP) is 2.15. The summed E-state index contributed by atoms with van der Waals surface area (Å²) in [5.74, 6) is 0. The fourth-order valence-corrected chi connectivity index (χ4v) is 2.34. The number of rotatable bonds is 5. The lowest BCUT2D eigenvalue weighted by Crippen LogP contribution is -2.41. The fraction of sp³-hybridized carbons (Fsp3) is 0.400. The molecular formula is C15H20N2O2S. The second kappa shape index (κ2) is 5.50. The van der Waals surface area contributed by atoms with Crippen LogP contribution in [0.1, 0.15) is 19.4 Å². The number of nitrogens with one attached hydrogen (secondary N) is 1. The van der Waals surface area contributed by atoms with Crippen LogP contribution >= 0.6 is 0 Å². The molecule has 5 heteroatoms. The SMILES string of the molecule is CC(C)(CNCc1cccc2cnccc12)S(C)(=O)=O. The summed E-state index contributed by atoms with van der Waals surface area (Å²) in [6.45, 7) is 4.54. The van der Waals surface area contributed by atoms with Gasteiger partial charge in [-0.1, -0.05) is 18.2 Å². The highest BCUT2D eigenvalue weighted by molar-refractivity contribution is 7.92. The van der Waals surface area contributed by atoms with E-state index in [-0.39, 0.29) is 0 Å². The molecule has 1 N–H and O–H groups in total. The first-order chi connectivity index (χ1) is 9.31. The van der Waals surface area contributed by atoms with Gasteiger partial charge in [-0.05, 0) is 30.9 Å². The Morgan fingerprint density at radius 2 is 2.00 bits per heavy atom. The topological polar surface area (TPSA) is 59.1 Å². The van der Waals surface area contributed by atoms with Crippen LogP contribution in [-0.2, 0) is 16.4 Å². The number of nitrogens with zero attached hydrogens (tertiary/aromatic N) is 1. The Morgan fingerprint density at radius 3 is 2.70 bits per heavy atom. The van der Waals surface area contributed by atoms with Crippen LogP contribution < -0.4 is 5.32 Å². The number of fused-ring (bicyclic) bond motifs is 1. The molecule has 0 bridgehead atoms. The molecule has 2 aromatic rings. The van der Waals surface area contributed by atoms with Crippen LogP contribution in [0, 0.1) is 0 Å². The molecule has 1 aromatic heterocycles. The molecule has 0 fully saturated rings. The molecule has 0 spiro atoms. The number of aromatic nitrogens is 1. The molecule has 2 rings (SSSR count). The smallest absolute Gasteiger partial charge is 0.153 e. The summed E-state index contributed by atoms with van der Waals surface area (Å²) in [5.41, 5.74) is 1.15. The maximum Gasteiger partial charge on any atom is 0.153 e. The quantitative estimate of drug-likeness (QED) is 0.917. The molecular weight excluding hydrogens is 272 g/mol. The van der Waals surface area contributed by atoms with Crippen molar-refractivity contribution in [2.45, 2.75) is 25.1 Å². The monoisotopic (exact) mass is 292 g/mol. The lowest BCUT2D eigenvalue weighted by atomic mass is 10.1. The number of pyridine rings is 1. The first kappa shape index (κ1) is 14.9. The Kier molecular flexibility index (Phi) is 4.11. The van der Waals surface area contributed by atoms with Crippen molar-refractivity contribution in [3.63, 3.8) is 0 Å². The van der Waals surface area contributed by atoms with Gasteiger partial charge in [0.25, 0.3) is 0 Å². The van der Waals surface area contributed by atoms with Gasteiger partial charge in [0.2, 0.25) is 0 Å². The van der Waals surface area contributed by atoms with Crippen LogP contribution in [-0.4, -0.2) is 30.9 Å². The third-order valence-corrected chi connectivity index (χ3v) is 5.79. The van der Waals surface area contributed by atoms with Crippen molar-refractivity contribution in [1.29, 1.82) is 0 Å². The van der Waals surface area contributed by atoms with E-state index < -0.39 is 14.6 Å². The standard InChI is InChI=1S/C15H20N2O2S/c1-15(2,20(3,18)19)11-17-10-13-6-4-5-12-9-16-8-7-14(12)13/h4-9,17H,10-11H2,1-3H3. The maximum atomic E-state index is 11.7. The van der Waals surface area contributed by atoms with Gasteiger partial charge < -0.3 is 5.32 Å². The van der Waals surface area contributed by atoms with Gasteiger partial charge in [0.05, 0.1) is 4.75 Å². The first-order valence-corrected chi connectivity index (χ1v) is 8.42. The Bertz CT molecular complexity index is 703. The lowest BCUT2D eigenvalue weighted by molar-refractivity contribution is 0.522. The molecule has 108 valence electrons. The first-order valence-electron chi connectivity index (χ1n) is 6.53. The summed E-state index contributed by atoms with van der Waals surface area (Å²) in [6.07, 6.45) is 4.88. The van der Waals surface area contributed by atoms with Crippen LogP contribution in [0.4, 0.5) is 0 Å². The van der Waals surface area contributed by atoms with Crippen molar-refractivity contribution < 1.29 is 8.42 Å². The van der Waals surface area contributed by atoms with Crippen molar-refractivity contribution in [3.05, 3.63) is 42.2 Å². The van der Waals surface area contributed by atoms with Crippen molar-refractivity contribution in [2.75, 3.05) is 12.8 Å². The van der Waals surface area contributed by atoms with Gasteiger partial charge in [-0.15, -0.1) is 0 Å². The normalized spacial score (nSPS) is 12.8. The summed E-state index contributed by atoms with van der Waals surface area (Å²) >= 11 is 0. The van der Waals surface area contributed by atoms with Crippen molar-refractivity contribution in [2.24, 2.45) is 0 Å². The Labute approximate surface area is 120 Å². The van der Waals surface area contributed by atoms with Gasteiger partial charge in [0.15, 0.2) is 9.84 Å². The minimum atomic E-state index is -3.07. The number of benzene rings is 1. The fourth-order valence-electron chi connectivity index (χ4n) is 1.97. The number of hydrogen-bond donors (Lipinski definition) is 1. The predicted molar refractivity (Wildman–Crippen MR) is 82.4 cm³/mol. The summed E-state index contributed by atoms with van der Waals surface area (Å²) < 4.78 is 22.6. The lowest BCUT2D eigenvalue weighted by Gasteiger charge is -2.23. The zero-order valence-electron chi connectivity index (χ0n) is 12.1. The van der Waals surface area contributed by atoms with E-state index in [4.69, 9.17) is 0 Å². The summed E-state index contributed by atoms with van der Waals surface area (Å²) in [5, 5.41) is 5.48. The minimum Gasteiger partial charge on any atom is -0.311 e. The van der Waals surface area contributed by atoms with Crippen LogP contribution in [0.15, 0.2) is 36.7 Å². The third kappa shape index (κ3) is 3.16. The largest absolute Gasteiger partial charge is 0.311 e. The van der Waals surface area contributed by atoms with E-state index in [0.29, 0.717) is 13.1 Å². The zero-order valence-corrected chi connectivity index (χ0v) is 12.9. The molecule has 0 aliphatic rings. The molecule has 4 nitrogen and oxygen atoms in total. The van der Waals surface area contributed by atoms with Gasteiger partial charge in [-0.3, -0.25) is 4.98 Å². The molecule has 0 amide bonds. The van der Waals surface area contributed by atoms with E-state index in [1.807, 2.05) is 30.5 Å². The van der Waals surface area contributed by atoms with Gasteiger partial charge in [0, 0.05) is 37.1 Å². The molecule has 0 unspecified atom stereocenters. The molecule has 0 saturated heterocycles. The molecule has 0 atom stereocenters. The summed E-state index contributed by atoms with van der Waals surface area (Å²) in [4.78, 5) is 4.11. The molecule has 1 heterocycles. The number of sulfone groups is 1. The Hall–Kier alpha value is -1.46. The van der Waals surface area contributed by atoms with Crippen LogP contribution in [0.3, 0.4) is 0 Å². The highest BCUT2D eigenvalue weighted by atomic mass is 32.2. The van der Waals surface area contributed by atoms with Crippen LogP contribution in [0.2, 0.25) is 0 Å². The van der Waals surface area contributed by atoms with E-state index in [1.54, 1.807) is 20.0 Å². The zero-order chi connectivity index (χ0) is 14.8. The highest BCUT2D eigenvalue weighted by Gasteiger charge is 2.29. The molecule has 0 aliphatic carbocycles. The highest BCUT2D eigenvalue weighted by Crippen LogP contribution is 2.18. The van der Waals surface area contributed by atoms with Crippen molar-refractivity contribution in [1.82, 2.24) is 10.3 Å². The van der Waals surface area contributed by atoms with E-state index in [1.165, 1.54) is 6.26 Å². The van der Waals surface area contributed by atoms with E-state index in [9.17, 15) is 8.42 Å². The maximum absolute atomic E-state index is 11.7. The van der Waals surface area contributed by atoms with Crippen LogP contribution in [0.25, 0.3) is 10.8 Å². The van der Waals surface area contributed by atoms with E-state index >= 15 is 0 Å². The molecule has 20 heavy (non-hydrogen) atoms. The van der Waals surface area contributed by atoms with Crippen LogP contribution in [0.5, 0.6) is 0 Å². The van der Waals surface area contributed by atoms with Gasteiger partial charge in [-0.2, -0.15) is 0 Å². The molecule has 0 radical (unpaired) electrons. The summed E-state index contributed by atoms with van der Waals surface area (Å²) in [7, 11) is -3.07. The van der Waals surface area contributed by atoms with Crippen molar-refractivity contribution in [3.8, 4) is 0 Å². The average Bonchev–Trinajstić information content (AvgIpc) is 2.37. The summed E-state index contributed by atoms with van der Waals surface area (Å²) in [6, 6.07) is 8.03. The average molecular weight is 292 g/mol. The minimum absolute atomic E-state index is 0.424. The molecule has 0 aliphatic heterocycles. The Morgan fingerprint density at radius 1 is 1.25 bits per heavy atom.